The number of benzene rings is 3. The molecule has 0 saturated heterocycles. The Morgan fingerprint density at radius 3 is 2.45 bits per heavy atom. The summed E-state index contributed by atoms with van der Waals surface area (Å²) in [6, 6.07) is 8.98. The summed E-state index contributed by atoms with van der Waals surface area (Å²) in [6.45, 7) is 1.99. The Morgan fingerprint density at radius 2 is 1.71 bits per heavy atom. The molecule has 3 aromatic carbocycles. The van der Waals surface area contributed by atoms with E-state index in [0.717, 1.165) is 29.6 Å². The van der Waals surface area contributed by atoms with Gasteiger partial charge in [0.25, 0.3) is 0 Å². The number of nitrogens with one attached hydrogen (secondary N) is 1. The Labute approximate surface area is 206 Å². The van der Waals surface area contributed by atoms with Gasteiger partial charge in [-0.2, -0.15) is 13.2 Å². The minimum Gasteiger partial charge on any atom is -0.361 e. The molecule has 1 aromatic heterocycles. The molecule has 0 saturated carbocycles. The molecular formula is C23H13F4I2NS. The second kappa shape index (κ2) is 7.58. The van der Waals surface area contributed by atoms with Crippen LogP contribution in [0.1, 0.15) is 16.7 Å². The summed E-state index contributed by atoms with van der Waals surface area (Å²) in [5.74, 6) is -0.478. The second-order valence-corrected chi connectivity index (χ2v) is 10.6. The van der Waals surface area contributed by atoms with Crippen LogP contribution >= 0.6 is 56.5 Å². The quantitative estimate of drug-likeness (QED) is 0.158. The third-order valence-electron chi connectivity index (χ3n) is 5.49. The summed E-state index contributed by atoms with van der Waals surface area (Å²) in [7, 11) is 0. The van der Waals surface area contributed by atoms with Gasteiger partial charge < -0.3 is 5.32 Å². The van der Waals surface area contributed by atoms with Crippen LogP contribution in [0.4, 0.5) is 23.2 Å². The fourth-order valence-corrected chi connectivity index (χ4v) is 6.64. The van der Waals surface area contributed by atoms with Crippen molar-refractivity contribution in [2.75, 3.05) is 5.32 Å². The monoisotopic (exact) mass is 665 g/mol. The molecule has 1 aliphatic rings. The van der Waals surface area contributed by atoms with Gasteiger partial charge in [-0.3, -0.25) is 0 Å². The van der Waals surface area contributed by atoms with E-state index in [2.05, 4.69) is 50.5 Å². The average molecular weight is 665 g/mol. The minimum absolute atomic E-state index is 0.0632. The predicted octanol–water partition coefficient (Wildman–Crippen LogP) is 8.88. The number of halogens is 6. The maximum Gasteiger partial charge on any atom is 0.419 e. The van der Waals surface area contributed by atoms with Gasteiger partial charge in [0, 0.05) is 28.2 Å². The van der Waals surface area contributed by atoms with E-state index in [4.69, 9.17) is 0 Å². The van der Waals surface area contributed by atoms with Crippen molar-refractivity contribution in [1.82, 2.24) is 0 Å². The van der Waals surface area contributed by atoms with Crippen molar-refractivity contribution in [3.05, 3.63) is 72.3 Å². The van der Waals surface area contributed by atoms with Crippen LogP contribution in [0.15, 0.2) is 42.6 Å². The Kier molecular flexibility index (Phi) is 5.25. The van der Waals surface area contributed by atoms with Gasteiger partial charge in [0.1, 0.15) is 5.82 Å². The Hall–Kier alpha value is -1.40. The summed E-state index contributed by atoms with van der Waals surface area (Å²) < 4.78 is 60.2. The third-order valence-corrected chi connectivity index (χ3v) is 10.3. The van der Waals surface area contributed by atoms with E-state index in [0.29, 0.717) is 28.3 Å². The topological polar surface area (TPSA) is 12.0 Å². The predicted molar refractivity (Wildman–Crippen MR) is 136 cm³/mol. The fraction of sp³-hybridized carbons (Fsp3) is 0.130. The Morgan fingerprint density at radius 1 is 0.968 bits per heavy atom. The zero-order valence-corrected chi connectivity index (χ0v) is 21.1. The number of hydrogen-bond donors (Lipinski definition) is 1. The Balaban J connectivity index is 1.84. The van der Waals surface area contributed by atoms with E-state index >= 15 is 4.39 Å². The maximum absolute atomic E-state index is 15.7. The van der Waals surface area contributed by atoms with Crippen LogP contribution in [0, 0.1) is 19.9 Å². The summed E-state index contributed by atoms with van der Waals surface area (Å²) >= 11 is 5.30. The van der Waals surface area contributed by atoms with E-state index < -0.39 is 17.6 Å². The van der Waals surface area contributed by atoms with Crippen LogP contribution in [0.5, 0.6) is 0 Å². The molecule has 31 heavy (non-hydrogen) atoms. The summed E-state index contributed by atoms with van der Waals surface area (Å²) in [5.41, 5.74) is 2.16. The lowest BCUT2D eigenvalue weighted by molar-refractivity contribution is -0.135. The van der Waals surface area contributed by atoms with Crippen LogP contribution in [-0.2, 0) is 12.6 Å². The van der Waals surface area contributed by atoms with Crippen LogP contribution in [0.25, 0.3) is 31.3 Å². The van der Waals surface area contributed by atoms with Gasteiger partial charge in [-0.15, -0.1) is 11.3 Å². The van der Waals surface area contributed by atoms with Crippen molar-refractivity contribution in [3.8, 4) is 11.1 Å². The first-order chi connectivity index (χ1) is 14.7. The molecule has 158 valence electrons. The molecule has 0 fully saturated rings. The molecule has 8 heteroatoms. The van der Waals surface area contributed by atoms with Gasteiger partial charge in [0.15, 0.2) is 0 Å². The molecule has 4 aromatic rings. The minimum atomic E-state index is -4.55. The number of rotatable bonds is 1. The Bertz CT molecular complexity index is 1420. The molecule has 1 aliphatic heterocycles. The largest absolute Gasteiger partial charge is 0.419 e. The van der Waals surface area contributed by atoms with Gasteiger partial charge in [0.2, 0.25) is 0 Å². The molecule has 0 amide bonds. The van der Waals surface area contributed by atoms with E-state index in [-0.39, 0.29) is 15.1 Å². The van der Waals surface area contributed by atoms with Crippen LogP contribution in [0.2, 0.25) is 0 Å². The number of anilines is 1. The highest BCUT2D eigenvalue weighted by molar-refractivity contribution is 14.1. The van der Waals surface area contributed by atoms with Crippen LogP contribution in [0.3, 0.4) is 0 Å². The lowest BCUT2D eigenvalue weighted by Crippen LogP contribution is -2.12. The van der Waals surface area contributed by atoms with Crippen molar-refractivity contribution >= 4 is 82.4 Å². The number of thiophene rings is 1. The number of hydrogen-bond acceptors (Lipinski definition) is 2. The molecule has 1 nitrogen and oxygen atoms in total. The molecular weight excluding hydrogens is 652 g/mol. The van der Waals surface area contributed by atoms with Crippen molar-refractivity contribution in [1.29, 1.82) is 0 Å². The molecule has 0 unspecified atom stereocenters. The highest BCUT2D eigenvalue weighted by Crippen LogP contribution is 2.49. The van der Waals surface area contributed by atoms with Crippen LogP contribution in [-0.4, -0.2) is 0 Å². The zero-order chi connectivity index (χ0) is 22.1. The molecule has 0 bridgehead atoms. The maximum atomic E-state index is 15.7. The number of alkyl halides is 3. The summed E-state index contributed by atoms with van der Waals surface area (Å²) in [4.78, 5) is 0. The van der Waals surface area contributed by atoms with Crippen molar-refractivity contribution in [3.63, 3.8) is 0 Å². The molecule has 0 spiro atoms. The first kappa shape index (κ1) is 21.4. The first-order valence-corrected chi connectivity index (χ1v) is 12.3. The van der Waals surface area contributed by atoms with Gasteiger partial charge >= 0.3 is 6.18 Å². The van der Waals surface area contributed by atoms with Crippen molar-refractivity contribution in [2.24, 2.45) is 0 Å². The molecule has 1 N–H and O–H groups in total. The van der Waals surface area contributed by atoms with Crippen LogP contribution < -0.4 is 5.32 Å². The fourth-order valence-electron chi connectivity index (χ4n) is 3.98. The van der Waals surface area contributed by atoms with E-state index in [1.807, 2.05) is 19.1 Å². The highest BCUT2D eigenvalue weighted by Gasteiger charge is 2.38. The van der Waals surface area contributed by atoms with Gasteiger partial charge in [-0.25, -0.2) is 4.39 Å². The lowest BCUT2D eigenvalue weighted by atomic mass is 9.97. The molecule has 0 aliphatic carbocycles. The molecule has 2 heterocycles. The van der Waals surface area contributed by atoms with Gasteiger partial charge in [-0.05, 0) is 87.5 Å². The van der Waals surface area contributed by atoms with E-state index in [1.54, 1.807) is 24.3 Å². The number of allylic oxidation sites excluding steroid dienone is 1. The summed E-state index contributed by atoms with van der Waals surface area (Å²) in [5, 5.41) is 3.72. The normalized spacial score (nSPS) is 13.6. The number of fused-ring (bicyclic) bond motifs is 4. The smallest absolute Gasteiger partial charge is 0.361 e. The first-order valence-electron chi connectivity index (χ1n) is 9.32. The third kappa shape index (κ3) is 3.36. The van der Waals surface area contributed by atoms with Crippen molar-refractivity contribution < 1.29 is 17.6 Å². The molecule has 0 radical (unpaired) electrons. The zero-order valence-electron chi connectivity index (χ0n) is 15.9. The standard InChI is InChI=1S/C23H13F4I2NS/c1-10-4-5-13(19(29)18(10)28)12-6-7-14-15-9-11-3-2-8-30-20(11)16(23(25,26)27)21(15)31-22(14)17(12)24/h2,4-9,30H,3H2,1H3. The van der Waals surface area contributed by atoms with Crippen molar-refractivity contribution in [2.45, 2.75) is 19.5 Å². The highest BCUT2D eigenvalue weighted by atomic mass is 127. The molecule has 5 rings (SSSR count). The average Bonchev–Trinajstić information content (AvgIpc) is 3.09. The SMILES string of the molecule is Cc1ccc(-c2ccc3c(sc4c(C(F)(F)F)c5c(cc43)CC=CN5)c2F)c(I)c1I. The summed E-state index contributed by atoms with van der Waals surface area (Å²) in [6.07, 6.45) is -0.845. The number of aryl methyl sites for hydroxylation is 1. The van der Waals surface area contributed by atoms with E-state index in [1.165, 1.54) is 6.20 Å². The van der Waals surface area contributed by atoms with Gasteiger partial charge in [-0.1, -0.05) is 30.3 Å². The lowest BCUT2D eigenvalue weighted by Gasteiger charge is -2.20. The second-order valence-electron chi connectivity index (χ2n) is 7.37. The van der Waals surface area contributed by atoms with E-state index in [9.17, 15) is 13.2 Å². The van der Waals surface area contributed by atoms with Gasteiger partial charge in [0.05, 0.1) is 16.0 Å². The molecule has 0 atom stereocenters.